The van der Waals surface area contributed by atoms with Crippen LogP contribution in [-0.4, -0.2) is 54.9 Å². The van der Waals surface area contributed by atoms with Crippen LogP contribution < -0.4 is 0 Å². The predicted octanol–water partition coefficient (Wildman–Crippen LogP) is 3.43. The fraction of sp³-hybridized carbons (Fsp3) is 0.129. The predicted molar refractivity (Wildman–Crippen MR) is 141 cm³/mol. The summed E-state index contributed by atoms with van der Waals surface area (Å²) in [7, 11) is 0. The van der Waals surface area contributed by atoms with Gasteiger partial charge in [0.15, 0.2) is 13.2 Å². The van der Waals surface area contributed by atoms with Gasteiger partial charge in [0.25, 0.3) is 5.78 Å². The van der Waals surface area contributed by atoms with Gasteiger partial charge in [-0.1, -0.05) is 60.1 Å². The van der Waals surface area contributed by atoms with E-state index in [9.17, 15) is 19.2 Å². The van der Waals surface area contributed by atoms with E-state index in [1.54, 1.807) is 60.7 Å². The first-order valence-electron chi connectivity index (χ1n) is 12.0. The maximum absolute atomic E-state index is 13.0. The van der Waals surface area contributed by atoms with Crippen LogP contribution in [0.25, 0.3) is 0 Å². The highest BCUT2D eigenvalue weighted by molar-refractivity contribution is 6.24. The number of pyridine rings is 1. The van der Waals surface area contributed by atoms with Gasteiger partial charge in [-0.3, -0.25) is 14.6 Å². The number of carbonyl (C=O) groups is 4. The molecule has 198 valence electrons. The Balaban J connectivity index is 1.36. The fourth-order valence-corrected chi connectivity index (χ4v) is 3.41. The van der Waals surface area contributed by atoms with Gasteiger partial charge in [-0.2, -0.15) is 0 Å². The van der Waals surface area contributed by atoms with E-state index < -0.39 is 23.5 Å². The summed E-state index contributed by atoms with van der Waals surface area (Å²) in [5, 5.41) is 0. The highest BCUT2D eigenvalue weighted by Crippen LogP contribution is 2.26. The molecule has 0 unspecified atom stereocenters. The largest absolute Gasteiger partial charge is 0.473 e. The van der Waals surface area contributed by atoms with Crippen LogP contribution in [0.4, 0.5) is 0 Å². The van der Waals surface area contributed by atoms with Gasteiger partial charge in [-0.15, -0.1) is 0 Å². The van der Waals surface area contributed by atoms with E-state index >= 15 is 0 Å². The summed E-state index contributed by atoms with van der Waals surface area (Å²) in [5.74, 6) is 7.51. The maximum atomic E-state index is 13.0. The van der Waals surface area contributed by atoms with Gasteiger partial charge >= 0.3 is 11.9 Å². The standard InChI is InChI=1S/C31H21NO8/c33-26-24-16-11-17-32-25(24)27(34)29(38-19-8-10-21-40-31(36)23-14-5-2-6-15-23)28(26)37-18-7-9-20-39-30(35)22-12-3-1-4-13-22/h1-6,11-17H,18-21H2. The van der Waals surface area contributed by atoms with E-state index in [0.29, 0.717) is 11.1 Å². The molecule has 1 aliphatic rings. The lowest BCUT2D eigenvalue weighted by Crippen LogP contribution is -2.26. The minimum Gasteiger partial charge on any atom is -0.473 e. The van der Waals surface area contributed by atoms with Gasteiger partial charge in [0.05, 0.1) is 16.7 Å². The monoisotopic (exact) mass is 535 g/mol. The highest BCUT2D eigenvalue weighted by atomic mass is 16.5. The molecule has 0 N–H and O–H groups in total. The quantitative estimate of drug-likeness (QED) is 0.316. The number of hydrogen-bond acceptors (Lipinski definition) is 9. The molecule has 0 spiro atoms. The van der Waals surface area contributed by atoms with Gasteiger partial charge < -0.3 is 18.9 Å². The third kappa shape index (κ3) is 7.00. The van der Waals surface area contributed by atoms with Crippen molar-refractivity contribution in [2.75, 3.05) is 26.4 Å². The van der Waals surface area contributed by atoms with E-state index in [-0.39, 0.29) is 49.2 Å². The van der Waals surface area contributed by atoms with Gasteiger partial charge in [0.1, 0.15) is 18.9 Å². The zero-order valence-electron chi connectivity index (χ0n) is 21.0. The Bertz CT molecular complexity index is 1450. The van der Waals surface area contributed by atoms with E-state index in [4.69, 9.17) is 18.9 Å². The second kappa shape index (κ2) is 13.8. The second-order valence-electron chi connectivity index (χ2n) is 7.88. The molecule has 9 heteroatoms. The first-order valence-corrected chi connectivity index (χ1v) is 12.0. The number of ether oxygens (including phenoxy) is 4. The lowest BCUT2D eigenvalue weighted by atomic mass is 9.97. The number of aromatic nitrogens is 1. The molecular formula is C31H21NO8. The summed E-state index contributed by atoms with van der Waals surface area (Å²) in [6.07, 6.45) is 1.39. The van der Waals surface area contributed by atoms with Crippen LogP contribution in [0.2, 0.25) is 0 Å². The molecule has 1 heterocycles. The fourth-order valence-electron chi connectivity index (χ4n) is 3.41. The Morgan fingerprint density at radius 3 is 1.60 bits per heavy atom. The molecule has 0 atom stereocenters. The Morgan fingerprint density at radius 2 is 1.07 bits per heavy atom. The Kier molecular flexibility index (Phi) is 9.41. The summed E-state index contributed by atoms with van der Waals surface area (Å²) < 4.78 is 21.1. The molecule has 3 aromatic rings. The number of esters is 2. The van der Waals surface area contributed by atoms with E-state index in [2.05, 4.69) is 28.7 Å². The number of allylic oxidation sites excluding steroid dienone is 2. The van der Waals surface area contributed by atoms with Crippen LogP contribution in [-0.2, 0) is 18.9 Å². The maximum Gasteiger partial charge on any atom is 0.339 e. The van der Waals surface area contributed by atoms with E-state index in [1.807, 2.05) is 0 Å². The Labute approximate surface area is 229 Å². The van der Waals surface area contributed by atoms with Crippen LogP contribution in [0.15, 0.2) is 90.5 Å². The molecule has 2 aromatic carbocycles. The third-order valence-electron chi connectivity index (χ3n) is 5.28. The minimum atomic E-state index is -0.646. The normalized spacial score (nSPS) is 11.7. The number of nitrogens with zero attached hydrogens (tertiary/aromatic N) is 1. The number of hydrogen-bond donors (Lipinski definition) is 0. The summed E-state index contributed by atoms with van der Waals surface area (Å²) in [6.45, 7) is -0.945. The molecule has 0 bridgehead atoms. The molecule has 0 saturated heterocycles. The van der Waals surface area contributed by atoms with Gasteiger partial charge in [-0.05, 0) is 36.4 Å². The molecule has 9 nitrogen and oxygen atoms in total. The number of fused-ring (bicyclic) bond motifs is 1. The molecule has 0 fully saturated rings. The number of benzene rings is 2. The van der Waals surface area contributed by atoms with Crippen molar-refractivity contribution in [3.05, 3.63) is 113 Å². The van der Waals surface area contributed by atoms with Crippen LogP contribution >= 0.6 is 0 Å². The number of Topliss-reactive ketones (excluding diaryl/α,β-unsaturated/α-hetero) is 2. The summed E-state index contributed by atoms with van der Waals surface area (Å²) >= 11 is 0. The third-order valence-corrected chi connectivity index (χ3v) is 5.28. The lowest BCUT2D eigenvalue weighted by Gasteiger charge is -2.19. The Morgan fingerprint density at radius 1 is 0.600 bits per heavy atom. The van der Waals surface area contributed by atoms with Crippen molar-refractivity contribution in [1.29, 1.82) is 0 Å². The van der Waals surface area contributed by atoms with Gasteiger partial charge in [-0.25, -0.2) is 9.59 Å². The van der Waals surface area contributed by atoms with Gasteiger partial charge in [0.2, 0.25) is 17.3 Å². The molecule has 4 rings (SSSR count). The average molecular weight is 536 g/mol. The summed E-state index contributed by atoms with van der Waals surface area (Å²) in [5.41, 5.74) is 0.781. The van der Waals surface area contributed by atoms with E-state index in [1.165, 1.54) is 18.3 Å². The summed E-state index contributed by atoms with van der Waals surface area (Å²) in [6, 6.07) is 19.9. The summed E-state index contributed by atoms with van der Waals surface area (Å²) in [4.78, 5) is 53.9. The lowest BCUT2D eigenvalue weighted by molar-refractivity contribution is 0.0547. The van der Waals surface area contributed by atoms with Crippen molar-refractivity contribution in [2.45, 2.75) is 0 Å². The number of carbonyl (C=O) groups excluding carboxylic acids is 4. The molecule has 40 heavy (non-hydrogen) atoms. The average Bonchev–Trinajstić information content (AvgIpc) is 3.00. The second-order valence-corrected chi connectivity index (χ2v) is 7.88. The number of rotatable bonds is 8. The number of ketones is 2. The highest BCUT2D eigenvalue weighted by Gasteiger charge is 2.36. The molecule has 0 aliphatic heterocycles. The van der Waals surface area contributed by atoms with Crippen molar-refractivity contribution in [2.24, 2.45) is 0 Å². The topological polar surface area (TPSA) is 118 Å². The molecule has 0 radical (unpaired) electrons. The molecule has 1 aliphatic carbocycles. The smallest absolute Gasteiger partial charge is 0.339 e. The van der Waals surface area contributed by atoms with Crippen LogP contribution in [0.3, 0.4) is 0 Å². The van der Waals surface area contributed by atoms with Crippen molar-refractivity contribution in [1.82, 2.24) is 4.98 Å². The zero-order chi connectivity index (χ0) is 28.2. The first kappa shape index (κ1) is 27.4. The Hall–Kier alpha value is -5.67. The van der Waals surface area contributed by atoms with Crippen molar-refractivity contribution < 1.29 is 38.1 Å². The molecule has 1 aromatic heterocycles. The van der Waals surface area contributed by atoms with E-state index in [0.717, 1.165) is 0 Å². The van der Waals surface area contributed by atoms with Gasteiger partial charge in [0, 0.05) is 6.20 Å². The SMILES string of the molecule is O=C(OCC#CCOC1=C(OCC#CCOC(=O)c2ccccc2)C(=O)c2ncccc2C1=O)c1ccccc1. The van der Waals surface area contributed by atoms with Crippen molar-refractivity contribution in [3.63, 3.8) is 0 Å². The molecular weight excluding hydrogens is 514 g/mol. The van der Waals surface area contributed by atoms with Crippen LogP contribution in [0.5, 0.6) is 0 Å². The van der Waals surface area contributed by atoms with Crippen LogP contribution in [0, 0.1) is 23.7 Å². The van der Waals surface area contributed by atoms with Crippen molar-refractivity contribution in [3.8, 4) is 23.7 Å². The molecule has 0 saturated carbocycles. The minimum absolute atomic E-state index is 0.0681. The molecule has 0 amide bonds. The van der Waals surface area contributed by atoms with Crippen molar-refractivity contribution >= 4 is 23.5 Å². The van der Waals surface area contributed by atoms with Crippen LogP contribution in [0.1, 0.15) is 41.6 Å². The first-order chi connectivity index (χ1) is 19.6. The zero-order valence-corrected chi connectivity index (χ0v) is 21.0.